The fraction of sp³-hybridized carbons (Fsp3) is 0.294. The number of halogens is 2. The van der Waals surface area contributed by atoms with Gasteiger partial charge in [-0.2, -0.15) is 0 Å². The van der Waals surface area contributed by atoms with Crippen LogP contribution in [0.1, 0.15) is 35.6 Å². The highest BCUT2D eigenvalue weighted by Crippen LogP contribution is 2.35. The van der Waals surface area contributed by atoms with Gasteiger partial charge in [-0.15, -0.1) is 0 Å². The first-order valence-corrected chi connectivity index (χ1v) is 7.02. The van der Waals surface area contributed by atoms with Gasteiger partial charge in [-0.25, -0.2) is 8.78 Å². The second-order valence-electron chi connectivity index (χ2n) is 5.23. The summed E-state index contributed by atoms with van der Waals surface area (Å²) in [5.41, 5.74) is 2.02. The minimum absolute atomic E-state index is 0.0316. The monoisotopic (exact) mass is 290 g/mol. The van der Waals surface area contributed by atoms with Gasteiger partial charge in [-0.05, 0) is 42.5 Å². The van der Waals surface area contributed by atoms with Crippen molar-refractivity contribution in [3.8, 4) is 5.75 Å². The molecule has 0 heterocycles. The molecule has 2 aromatic rings. The van der Waals surface area contributed by atoms with E-state index in [0.29, 0.717) is 5.75 Å². The lowest BCUT2D eigenvalue weighted by molar-refractivity contribution is 0.155. The van der Waals surface area contributed by atoms with E-state index in [0.717, 1.165) is 36.5 Å². The van der Waals surface area contributed by atoms with Gasteiger partial charge in [0, 0.05) is 5.56 Å². The summed E-state index contributed by atoms with van der Waals surface area (Å²) < 4.78 is 32.4. The zero-order chi connectivity index (χ0) is 14.8. The van der Waals surface area contributed by atoms with E-state index >= 15 is 0 Å². The molecule has 0 fully saturated rings. The van der Waals surface area contributed by atoms with Crippen LogP contribution in [-0.4, -0.2) is 5.11 Å². The van der Waals surface area contributed by atoms with Crippen LogP contribution in [0.15, 0.2) is 36.4 Å². The van der Waals surface area contributed by atoms with Crippen LogP contribution in [0.4, 0.5) is 8.78 Å². The molecule has 1 N–H and O–H groups in total. The largest absolute Gasteiger partial charge is 0.489 e. The molecule has 0 aliphatic heterocycles. The Hall–Kier alpha value is -1.94. The molecule has 0 amide bonds. The van der Waals surface area contributed by atoms with Gasteiger partial charge in [0.2, 0.25) is 0 Å². The summed E-state index contributed by atoms with van der Waals surface area (Å²) in [4.78, 5) is 0. The van der Waals surface area contributed by atoms with Crippen LogP contribution >= 0.6 is 0 Å². The zero-order valence-electron chi connectivity index (χ0n) is 11.5. The van der Waals surface area contributed by atoms with Gasteiger partial charge >= 0.3 is 0 Å². The van der Waals surface area contributed by atoms with E-state index in [-0.39, 0.29) is 12.2 Å². The summed E-state index contributed by atoms with van der Waals surface area (Å²) in [6.45, 7) is -0.0316. The second-order valence-corrected chi connectivity index (χ2v) is 5.23. The number of aliphatic hydroxyl groups excluding tert-OH is 1. The molecule has 0 bridgehead atoms. The Bertz CT molecular complexity index is 655. The fourth-order valence-corrected chi connectivity index (χ4v) is 2.74. The lowest BCUT2D eigenvalue weighted by Gasteiger charge is -2.23. The van der Waals surface area contributed by atoms with E-state index in [4.69, 9.17) is 4.74 Å². The lowest BCUT2D eigenvalue weighted by atomic mass is 9.89. The van der Waals surface area contributed by atoms with Gasteiger partial charge in [0.25, 0.3) is 0 Å². The number of benzene rings is 2. The van der Waals surface area contributed by atoms with Gasteiger partial charge in [0.1, 0.15) is 12.4 Å². The van der Waals surface area contributed by atoms with Crippen molar-refractivity contribution in [3.05, 3.63) is 64.7 Å². The maximum absolute atomic E-state index is 13.6. The van der Waals surface area contributed by atoms with E-state index in [2.05, 4.69) is 0 Å². The molecule has 0 saturated heterocycles. The molecule has 1 aliphatic rings. The first kappa shape index (κ1) is 14.0. The molecule has 1 unspecified atom stereocenters. The third-order valence-electron chi connectivity index (χ3n) is 3.85. The van der Waals surface area contributed by atoms with Crippen LogP contribution in [0.25, 0.3) is 0 Å². The van der Waals surface area contributed by atoms with E-state index in [1.54, 1.807) is 6.07 Å². The molecule has 3 rings (SSSR count). The maximum atomic E-state index is 13.6. The minimum Gasteiger partial charge on any atom is -0.489 e. The predicted molar refractivity (Wildman–Crippen MR) is 75.0 cm³/mol. The van der Waals surface area contributed by atoms with Crippen LogP contribution in [0, 0.1) is 11.6 Å². The Morgan fingerprint density at radius 3 is 2.81 bits per heavy atom. The normalized spacial score (nSPS) is 17.4. The van der Waals surface area contributed by atoms with Gasteiger partial charge in [-0.3, -0.25) is 0 Å². The van der Waals surface area contributed by atoms with Gasteiger partial charge in [0.05, 0.1) is 6.10 Å². The van der Waals surface area contributed by atoms with E-state index in [9.17, 15) is 13.9 Å². The third-order valence-corrected chi connectivity index (χ3v) is 3.85. The molecule has 21 heavy (non-hydrogen) atoms. The molecule has 2 aromatic carbocycles. The highest BCUT2D eigenvalue weighted by atomic mass is 19.2. The molecule has 2 nitrogen and oxygen atoms in total. The van der Waals surface area contributed by atoms with E-state index < -0.39 is 17.7 Å². The summed E-state index contributed by atoms with van der Waals surface area (Å²) in [6, 6.07) is 9.54. The molecule has 4 heteroatoms. The van der Waals surface area contributed by atoms with Gasteiger partial charge < -0.3 is 9.84 Å². The topological polar surface area (TPSA) is 29.5 Å². The van der Waals surface area contributed by atoms with E-state index in [1.807, 2.05) is 12.1 Å². The Kier molecular flexibility index (Phi) is 3.88. The number of rotatable bonds is 3. The number of ether oxygens (including phenoxy) is 1. The number of hydrogen-bond donors (Lipinski definition) is 1. The Morgan fingerprint density at radius 1 is 1.14 bits per heavy atom. The van der Waals surface area contributed by atoms with Crippen molar-refractivity contribution in [2.24, 2.45) is 0 Å². The smallest absolute Gasteiger partial charge is 0.165 e. The van der Waals surface area contributed by atoms with E-state index in [1.165, 1.54) is 12.1 Å². The average molecular weight is 290 g/mol. The summed E-state index contributed by atoms with van der Waals surface area (Å²) in [5, 5.41) is 9.99. The first-order chi connectivity index (χ1) is 10.2. The molecule has 1 atom stereocenters. The predicted octanol–water partition coefficient (Wildman–Crippen LogP) is 3.91. The highest BCUT2D eigenvalue weighted by Gasteiger charge is 2.21. The average Bonchev–Trinajstić information content (AvgIpc) is 2.49. The SMILES string of the molecule is OC1CCCc2c(OCc3cccc(F)c3F)cccc21. The minimum atomic E-state index is -0.874. The van der Waals surface area contributed by atoms with Crippen molar-refractivity contribution in [2.45, 2.75) is 32.0 Å². The summed E-state index contributed by atoms with van der Waals surface area (Å²) >= 11 is 0. The Labute approximate surface area is 122 Å². The quantitative estimate of drug-likeness (QED) is 0.928. The lowest BCUT2D eigenvalue weighted by Crippen LogP contribution is -2.11. The Balaban J connectivity index is 1.83. The summed E-state index contributed by atoms with van der Waals surface area (Å²) in [7, 11) is 0. The molecule has 0 saturated carbocycles. The summed E-state index contributed by atoms with van der Waals surface area (Å²) in [6.07, 6.45) is 2.00. The molecular formula is C17H16F2O2. The summed E-state index contributed by atoms with van der Waals surface area (Å²) in [5.74, 6) is -1.11. The number of aliphatic hydroxyl groups is 1. The maximum Gasteiger partial charge on any atom is 0.165 e. The van der Waals surface area contributed by atoms with Crippen molar-refractivity contribution >= 4 is 0 Å². The highest BCUT2D eigenvalue weighted by molar-refractivity contribution is 5.43. The molecular weight excluding hydrogens is 274 g/mol. The standard InChI is InChI=1S/C17H16F2O2/c18-14-7-1-4-11(17(14)19)10-21-16-9-3-5-12-13(16)6-2-8-15(12)20/h1,3-5,7,9,15,20H,2,6,8,10H2. The molecule has 0 aromatic heterocycles. The fourth-order valence-electron chi connectivity index (χ4n) is 2.74. The van der Waals surface area contributed by atoms with Crippen LogP contribution in [0.2, 0.25) is 0 Å². The molecule has 110 valence electrons. The number of fused-ring (bicyclic) bond motifs is 1. The van der Waals surface area contributed by atoms with Gasteiger partial charge in [-0.1, -0.05) is 24.3 Å². The third kappa shape index (κ3) is 2.76. The Morgan fingerprint density at radius 2 is 1.95 bits per heavy atom. The molecule has 0 radical (unpaired) electrons. The van der Waals surface area contributed by atoms with Crippen LogP contribution in [-0.2, 0) is 13.0 Å². The first-order valence-electron chi connectivity index (χ1n) is 7.02. The van der Waals surface area contributed by atoms with Crippen molar-refractivity contribution in [2.75, 3.05) is 0 Å². The molecule has 0 spiro atoms. The van der Waals surface area contributed by atoms with Crippen molar-refractivity contribution in [1.29, 1.82) is 0 Å². The van der Waals surface area contributed by atoms with Crippen molar-refractivity contribution in [3.63, 3.8) is 0 Å². The zero-order valence-corrected chi connectivity index (χ0v) is 11.5. The van der Waals surface area contributed by atoms with Crippen LogP contribution in [0.3, 0.4) is 0 Å². The van der Waals surface area contributed by atoms with Crippen LogP contribution in [0.5, 0.6) is 5.75 Å². The van der Waals surface area contributed by atoms with Gasteiger partial charge in [0.15, 0.2) is 11.6 Å². The van der Waals surface area contributed by atoms with Crippen molar-refractivity contribution < 1.29 is 18.6 Å². The number of hydrogen-bond acceptors (Lipinski definition) is 2. The van der Waals surface area contributed by atoms with Crippen molar-refractivity contribution in [1.82, 2.24) is 0 Å². The van der Waals surface area contributed by atoms with Crippen LogP contribution < -0.4 is 4.74 Å². The molecule has 1 aliphatic carbocycles. The second kappa shape index (κ2) is 5.82.